The molecule has 9 atom stereocenters. The molecule has 3 aliphatic heterocycles. The first-order chi connectivity index (χ1) is 23.6. The average Bonchev–Trinajstić information content (AvgIpc) is 3.38. The molecule has 0 unspecified atom stereocenters. The van der Waals surface area contributed by atoms with Crippen LogP contribution in [-0.4, -0.2) is 111 Å². The van der Waals surface area contributed by atoms with Crippen LogP contribution in [0.3, 0.4) is 0 Å². The lowest BCUT2D eigenvalue weighted by molar-refractivity contribution is -0.318. The summed E-state index contributed by atoms with van der Waals surface area (Å²) in [6.07, 6.45) is -9.36. The molecule has 0 amide bonds. The number of fused-ring (bicyclic) bond motifs is 1. The van der Waals surface area contributed by atoms with Gasteiger partial charge in [-0.1, -0.05) is 60.7 Å². The number of ether oxygens (including phenoxy) is 6. The van der Waals surface area contributed by atoms with Crippen LogP contribution in [0.1, 0.15) is 34.0 Å². The zero-order chi connectivity index (χ0) is 34.7. The fourth-order valence-electron chi connectivity index (χ4n) is 5.79. The predicted molar refractivity (Wildman–Crippen MR) is 167 cm³/mol. The molecule has 3 heterocycles. The molecule has 0 radical (unpaired) electrons. The van der Waals surface area contributed by atoms with Crippen LogP contribution in [0.15, 0.2) is 78.9 Å². The molecule has 0 aromatic heterocycles. The van der Waals surface area contributed by atoms with Crippen molar-refractivity contribution in [3.63, 3.8) is 0 Å². The molecule has 3 aromatic rings. The van der Waals surface area contributed by atoms with Gasteiger partial charge >= 0.3 is 5.97 Å². The van der Waals surface area contributed by atoms with E-state index in [-0.39, 0.29) is 29.3 Å². The van der Waals surface area contributed by atoms with Gasteiger partial charge in [-0.05, 0) is 17.2 Å². The maximum Gasteiger partial charge on any atom is 0.330 e. The Morgan fingerprint density at radius 3 is 2.41 bits per heavy atom. The van der Waals surface area contributed by atoms with Gasteiger partial charge in [-0.25, -0.2) is 4.79 Å². The number of phenolic OH excluding ortho intramolecular Hbond substituents is 1. The van der Waals surface area contributed by atoms with Crippen LogP contribution in [0.2, 0.25) is 0 Å². The summed E-state index contributed by atoms with van der Waals surface area (Å²) in [5.41, 5.74) is -0.658. The molecule has 6 N–H and O–H groups in total. The molecule has 2 fully saturated rings. The van der Waals surface area contributed by atoms with Crippen molar-refractivity contribution < 1.29 is 68.6 Å². The largest absolute Gasteiger partial charge is 0.507 e. The second-order valence-electron chi connectivity index (χ2n) is 12.0. The van der Waals surface area contributed by atoms with Crippen LogP contribution in [0.25, 0.3) is 6.08 Å². The SMILES string of the molecule is O=C(/C=C/c1ccccc1)OC[C@]1(O)CO[C@@H](O[C@H]2[C@H](Oc3cc(O)c4c(c3)O[C@@H](c3ccccc3)CC4=O)O[C@@H](CO)[C@@H](O)[C@H]2O)[C@@H]1O. The molecule has 3 aromatic carbocycles. The van der Waals surface area contributed by atoms with Gasteiger partial charge in [0.1, 0.15) is 59.9 Å². The zero-order valence-corrected chi connectivity index (χ0v) is 26.0. The lowest BCUT2D eigenvalue weighted by atomic mass is 9.95. The highest BCUT2D eigenvalue weighted by Crippen LogP contribution is 2.43. The number of aliphatic hydroxyl groups is 5. The van der Waals surface area contributed by atoms with Crippen LogP contribution in [-0.2, 0) is 23.7 Å². The predicted octanol–water partition coefficient (Wildman–Crippen LogP) is 1.01. The third-order valence-electron chi connectivity index (χ3n) is 8.49. The highest BCUT2D eigenvalue weighted by Gasteiger charge is 2.54. The van der Waals surface area contributed by atoms with Crippen molar-refractivity contribution >= 4 is 17.8 Å². The van der Waals surface area contributed by atoms with Crippen molar-refractivity contribution in [2.75, 3.05) is 19.8 Å². The number of carbonyl (C=O) groups is 2. The summed E-state index contributed by atoms with van der Waals surface area (Å²) in [7, 11) is 0. The summed E-state index contributed by atoms with van der Waals surface area (Å²) in [4.78, 5) is 25.2. The fraction of sp³-hybridized carbons (Fsp3) is 0.371. The Hall–Kier alpha value is -4.38. The summed E-state index contributed by atoms with van der Waals surface area (Å²) in [5, 5.41) is 64.1. The van der Waals surface area contributed by atoms with Crippen molar-refractivity contribution in [3.8, 4) is 17.2 Å². The van der Waals surface area contributed by atoms with Crippen molar-refractivity contribution in [1.82, 2.24) is 0 Å². The first-order valence-electron chi connectivity index (χ1n) is 15.5. The number of hydrogen-bond donors (Lipinski definition) is 6. The van der Waals surface area contributed by atoms with Gasteiger partial charge in [0.05, 0.1) is 19.6 Å². The molecule has 3 aliphatic rings. The second kappa shape index (κ2) is 14.6. The Morgan fingerprint density at radius 1 is 0.980 bits per heavy atom. The molecule has 260 valence electrons. The number of phenols is 1. The highest BCUT2D eigenvalue weighted by atomic mass is 16.8. The van der Waals surface area contributed by atoms with E-state index in [0.29, 0.717) is 0 Å². The minimum Gasteiger partial charge on any atom is -0.507 e. The molecular weight excluding hydrogens is 644 g/mol. The number of aromatic hydroxyl groups is 1. The monoisotopic (exact) mass is 680 g/mol. The third kappa shape index (κ3) is 7.46. The van der Waals surface area contributed by atoms with Gasteiger partial charge in [-0.2, -0.15) is 0 Å². The van der Waals surface area contributed by atoms with Crippen LogP contribution >= 0.6 is 0 Å². The maximum absolute atomic E-state index is 13.0. The molecule has 14 nitrogen and oxygen atoms in total. The molecule has 14 heteroatoms. The van der Waals surface area contributed by atoms with E-state index in [4.69, 9.17) is 28.4 Å². The van der Waals surface area contributed by atoms with Gasteiger partial charge in [0.25, 0.3) is 0 Å². The Balaban J connectivity index is 1.16. The van der Waals surface area contributed by atoms with E-state index >= 15 is 0 Å². The summed E-state index contributed by atoms with van der Waals surface area (Å²) in [5.74, 6) is -1.64. The van der Waals surface area contributed by atoms with Crippen molar-refractivity contribution in [1.29, 1.82) is 0 Å². The Kier molecular flexibility index (Phi) is 10.3. The zero-order valence-electron chi connectivity index (χ0n) is 26.0. The molecular formula is C35H36O14. The van der Waals surface area contributed by atoms with Gasteiger partial charge in [-0.3, -0.25) is 4.79 Å². The van der Waals surface area contributed by atoms with Gasteiger partial charge in [0, 0.05) is 18.2 Å². The third-order valence-corrected chi connectivity index (χ3v) is 8.49. The van der Waals surface area contributed by atoms with Crippen molar-refractivity contribution in [2.24, 2.45) is 0 Å². The average molecular weight is 681 g/mol. The van der Waals surface area contributed by atoms with E-state index in [2.05, 4.69) is 0 Å². The molecule has 2 saturated heterocycles. The van der Waals surface area contributed by atoms with E-state index in [1.54, 1.807) is 48.5 Å². The molecule has 6 rings (SSSR count). The lowest BCUT2D eigenvalue weighted by Gasteiger charge is -2.42. The highest BCUT2D eigenvalue weighted by molar-refractivity contribution is 6.02. The molecule has 49 heavy (non-hydrogen) atoms. The molecule has 0 aliphatic carbocycles. The van der Waals surface area contributed by atoms with E-state index in [1.165, 1.54) is 12.1 Å². The molecule has 0 spiro atoms. The smallest absolute Gasteiger partial charge is 0.330 e. The Labute approximate surface area is 280 Å². The molecule has 0 bridgehead atoms. The Bertz CT molecular complexity index is 1650. The van der Waals surface area contributed by atoms with Crippen molar-refractivity contribution in [3.05, 3.63) is 95.6 Å². The summed E-state index contributed by atoms with van der Waals surface area (Å²) in [6.45, 7) is -1.91. The number of Topliss-reactive ketones (excluding diaryl/α,β-unsaturated/α-hetero) is 1. The lowest BCUT2D eigenvalue weighted by Crippen LogP contribution is -2.62. The van der Waals surface area contributed by atoms with E-state index in [0.717, 1.165) is 23.3 Å². The van der Waals surface area contributed by atoms with E-state index < -0.39 is 86.3 Å². The number of aliphatic hydroxyl groups excluding tert-OH is 4. The van der Waals surface area contributed by atoms with E-state index in [1.807, 2.05) is 12.1 Å². The topological polar surface area (TPSA) is 211 Å². The number of carbonyl (C=O) groups excluding carboxylic acids is 2. The maximum atomic E-state index is 13.0. The second-order valence-corrected chi connectivity index (χ2v) is 12.0. The number of ketones is 1. The number of benzene rings is 3. The first-order valence-corrected chi connectivity index (χ1v) is 15.5. The quantitative estimate of drug-likeness (QED) is 0.130. The van der Waals surface area contributed by atoms with Crippen LogP contribution in [0, 0.1) is 0 Å². The molecule has 0 saturated carbocycles. The van der Waals surface area contributed by atoms with Crippen LogP contribution in [0.5, 0.6) is 17.2 Å². The minimum absolute atomic E-state index is 0.00562. The van der Waals surface area contributed by atoms with Gasteiger partial charge in [0.15, 0.2) is 23.8 Å². The standard InChI is InChI=1S/C35H36O14/c36-16-26-29(40)30(41)31(49-34-32(42)35(43,18-45-34)17-44-27(39)12-11-19-7-3-1-4-8-19)33(48-26)46-21-13-22(37)28-23(38)15-24(47-25(28)14-21)20-9-5-2-6-10-20/h1-14,24,26,29-34,36-37,40-43H,15-18H2/b12-11+/t24-,26+,29-,30-,31-,32+,33-,34+,35+/m1/s1. The summed E-state index contributed by atoms with van der Waals surface area (Å²) < 4.78 is 34.0. The fourth-order valence-corrected chi connectivity index (χ4v) is 5.79. The van der Waals surface area contributed by atoms with E-state index in [9.17, 15) is 40.2 Å². The number of hydrogen-bond acceptors (Lipinski definition) is 14. The van der Waals surface area contributed by atoms with Crippen molar-refractivity contribution in [2.45, 2.75) is 61.2 Å². The number of esters is 1. The van der Waals surface area contributed by atoms with Crippen LogP contribution < -0.4 is 9.47 Å². The Morgan fingerprint density at radius 2 is 1.69 bits per heavy atom. The number of rotatable bonds is 10. The summed E-state index contributed by atoms with van der Waals surface area (Å²) >= 11 is 0. The first kappa shape index (κ1) is 34.5. The van der Waals surface area contributed by atoms with Gasteiger partial charge in [-0.15, -0.1) is 0 Å². The normalized spacial score (nSPS) is 31.2. The van der Waals surface area contributed by atoms with Crippen LogP contribution in [0.4, 0.5) is 0 Å². The summed E-state index contributed by atoms with van der Waals surface area (Å²) in [6, 6.07) is 20.5. The van der Waals surface area contributed by atoms with Gasteiger partial charge < -0.3 is 59.1 Å². The minimum atomic E-state index is -2.10. The van der Waals surface area contributed by atoms with Gasteiger partial charge in [0.2, 0.25) is 6.29 Å².